The molecule has 0 aromatic carbocycles. The molecule has 2 fully saturated rings. The van der Waals surface area contributed by atoms with Crippen LogP contribution in [-0.2, 0) is 21.5 Å². The number of halogens is 1. The fourth-order valence-corrected chi connectivity index (χ4v) is 3.45. The lowest BCUT2D eigenvalue weighted by molar-refractivity contribution is -0.136. The summed E-state index contributed by atoms with van der Waals surface area (Å²) in [5, 5.41) is 3.34. The van der Waals surface area contributed by atoms with Crippen LogP contribution in [0.25, 0.3) is 0 Å². The molecule has 0 aliphatic carbocycles. The quantitative estimate of drug-likeness (QED) is 0.353. The molecule has 170 valence electrons. The number of oxazole rings is 1. The monoisotopic (exact) mass is 534 g/mol. The van der Waals surface area contributed by atoms with Crippen LogP contribution in [0.5, 0.6) is 0 Å². The van der Waals surface area contributed by atoms with Crippen molar-refractivity contribution in [3.05, 3.63) is 17.8 Å². The maximum absolute atomic E-state index is 12.4. The van der Waals surface area contributed by atoms with Crippen molar-refractivity contribution in [1.29, 1.82) is 0 Å². The smallest absolute Gasteiger partial charge is 0.236 e. The molecule has 0 saturated carbocycles. The average molecular weight is 534 g/mol. The number of carbonyl (C=O) groups is 1. The average Bonchev–Trinajstić information content (AvgIpc) is 3.20. The summed E-state index contributed by atoms with van der Waals surface area (Å²) in [7, 11) is 1.78. The number of carbonyl (C=O) groups excluding carboxylic acids is 1. The van der Waals surface area contributed by atoms with Crippen molar-refractivity contribution in [2.24, 2.45) is 4.99 Å². The molecule has 30 heavy (non-hydrogen) atoms. The van der Waals surface area contributed by atoms with E-state index in [1.807, 2.05) is 4.90 Å². The number of rotatable bonds is 4. The van der Waals surface area contributed by atoms with Crippen LogP contribution in [0.1, 0.15) is 32.4 Å². The van der Waals surface area contributed by atoms with E-state index in [0.29, 0.717) is 45.3 Å². The molecule has 1 N–H and O–H groups in total. The van der Waals surface area contributed by atoms with Gasteiger partial charge in [0.25, 0.3) is 0 Å². The van der Waals surface area contributed by atoms with E-state index in [2.05, 4.69) is 45.9 Å². The Morgan fingerprint density at radius 1 is 1.13 bits per heavy atom. The van der Waals surface area contributed by atoms with Crippen LogP contribution in [0.4, 0.5) is 0 Å². The predicted molar refractivity (Wildman–Crippen MR) is 126 cm³/mol. The van der Waals surface area contributed by atoms with Crippen molar-refractivity contribution in [2.45, 2.75) is 32.7 Å². The Kier molecular flexibility index (Phi) is 9.35. The van der Waals surface area contributed by atoms with Crippen molar-refractivity contribution < 1.29 is 13.9 Å². The summed E-state index contributed by atoms with van der Waals surface area (Å²) in [4.78, 5) is 27.5. The van der Waals surface area contributed by atoms with E-state index in [9.17, 15) is 4.79 Å². The van der Waals surface area contributed by atoms with Crippen molar-refractivity contribution in [1.82, 2.24) is 25.0 Å². The van der Waals surface area contributed by atoms with Gasteiger partial charge in [-0.2, -0.15) is 0 Å². The molecule has 3 heterocycles. The number of aliphatic imine (C=N–C) groups is 1. The summed E-state index contributed by atoms with van der Waals surface area (Å²) in [5.74, 6) is 2.57. The van der Waals surface area contributed by atoms with E-state index >= 15 is 0 Å². The summed E-state index contributed by atoms with van der Waals surface area (Å²) in [6.45, 7) is 13.3. The molecule has 10 heteroatoms. The summed E-state index contributed by atoms with van der Waals surface area (Å²) in [6.07, 6.45) is 1.80. The van der Waals surface area contributed by atoms with Crippen LogP contribution < -0.4 is 5.32 Å². The normalized spacial score (nSPS) is 18.9. The van der Waals surface area contributed by atoms with E-state index in [1.54, 1.807) is 13.2 Å². The zero-order chi connectivity index (χ0) is 20.9. The Labute approximate surface area is 196 Å². The van der Waals surface area contributed by atoms with Gasteiger partial charge in [-0.3, -0.25) is 14.7 Å². The highest BCUT2D eigenvalue weighted by Crippen LogP contribution is 2.22. The van der Waals surface area contributed by atoms with Gasteiger partial charge in [-0.05, 0) is 0 Å². The first-order valence-corrected chi connectivity index (χ1v) is 10.4. The fourth-order valence-electron chi connectivity index (χ4n) is 3.45. The number of hydrogen-bond acceptors (Lipinski definition) is 6. The summed E-state index contributed by atoms with van der Waals surface area (Å²) in [6, 6.07) is 0. The third-order valence-electron chi connectivity index (χ3n) is 5.30. The van der Waals surface area contributed by atoms with Crippen LogP contribution in [0.15, 0.2) is 15.6 Å². The van der Waals surface area contributed by atoms with E-state index in [1.165, 1.54) is 0 Å². The van der Waals surface area contributed by atoms with E-state index in [4.69, 9.17) is 9.15 Å². The molecule has 0 radical (unpaired) electrons. The number of aromatic nitrogens is 1. The number of ether oxygens (including phenoxy) is 1. The van der Waals surface area contributed by atoms with Gasteiger partial charge in [0.15, 0.2) is 5.96 Å². The highest BCUT2D eigenvalue weighted by molar-refractivity contribution is 14.0. The van der Waals surface area contributed by atoms with E-state index in [0.717, 1.165) is 37.9 Å². The molecule has 0 unspecified atom stereocenters. The van der Waals surface area contributed by atoms with Gasteiger partial charge in [0, 0.05) is 51.7 Å². The Bertz CT molecular complexity index is 704. The lowest BCUT2D eigenvalue weighted by Gasteiger charge is -2.37. The highest BCUT2D eigenvalue weighted by Gasteiger charge is 2.24. The Balaban J connectivity index is 0.00000320. The number of nitrogens with zero attached hydrogens (tertiary/aromatic N) is 5. The zero-order valence-corrected chi connectivity index (χ0v) is 20.8. The van der Waals surface area contributed by atoms with Crippen LogP contribution in [0.3, 0.4) is 0 Å². The number of nitrogens with one attached hydrogen (secondary N) is 1. The topological polar surface area (TPSA) is 86.4 Å². The van der Waals surface area contributed by atoms with Crippen molar-refractivity contribution in [2.75, 3.05) is 66.1 Å². The number of hydrogen-bond donors (Lipinski definition) is 1. The van der Waals surface area contributed by atoms with Crippen LogP contribution in [0, 0.1) is 0 Å². The standard InChI is InChI=1S/C20H34N6O3.HI/c1-20(2,3)16-13-22-17(29-16)14-23-19(21-4)26-7-5-24(6-8-26)15-18(27)25-9-11-28-12-10-25;/h13H,5-12,14-15H2,1-4H3,(H,21,23);1H. The maximum Gasteiger partial charge on any atom is 0.236 e. The minimum atomic E-state index is -0.0537. The molecule has 2 aliphatic heterocycles. The number of guanidine groups is 1. The van der Waals surface area contributed by atoms with Crippen LogP contribution in [0.2, 0.25) is 0 Å². The summed E-state index contributed by atoms with van der Waals surface area (Å²) in [5.41, 5.74) is -0.0537. The molecule has 3 rings (SSSR count). The van der Waals surface area contributed by atoms with Gasteiger partial charge in [0.05, 0.1) is 32.5 Å². The number of morpholine rings is 1. The highest BCUT2D eigenvalue weighted by atomic mass is 127. The predicted octanol–water partition coefficient (Wildman–Crippen LogP) is 1.14. The largest absolute Gasteiger partial charge is 0.443 e. The third kappa shape index (κ3) is 6.81. The van der Waals surface area contributed by atoms with Gasteiger partial charge in [0.2, 0.25) is 11.8 Å². The number of piperazine rings is 1. The molecule has 0 atom stereocenters. The van der Waals surface area contributed by atoms with Gasteiger partial charge in [-0.15, -0.1) is 24.0 Å². The molecular weight excluding hydrogens is 499 g/mol. The first kappa shape index (κ1) is 24.9. The van der Waals surface area contributed by atoms with Crippen molar-refractivity contribution >= 4 is 35.8 Å². The second-order valence-electron chi connectivity index (χ2n) is 8.53. The first-order chi connectivity index (χ1) is 13.9. The minimum Gasteiger partial charge on any atom is -0.443 e. The first-order valence-electron chi connectivity index (χ1n) is 10.4. The SMILES string of the molecule is CN=C(NCc1ncc(C(C)(C)C)o1)N1CCN(CC(=O)N2CCOCC2)CC1.I. The van der Waals surface area contributed by atoms with Gasteiger partial charge in [0.1, 0.15) is 5.76 Å². The van der Waals surface area contributed by atoms with Gasteiger partial charge in [-0.25, -0.2) is 4.98 Å². The maximum atomic E-state index is 12.4. The third-order valence-corrected chi connectivity index (χ3v) is 5.30. The molecular formula is C20H35IN6O3. The lowest BCUT2D eigenvalue weighted by Crippen LogP contribution is -2.54. The Hall–Kier alpha value is -1.40. The molecule has 1 amide bonds. The second kappa shape index (κ2) is 11.3. The molecule has 9 nitrogen and oxygen atoms in total. The number of amides is 1. The molecule has 0 bridgehead atoms. The van der Waals surface area contributed by atoms with Crippen LogP contribution >= 0.6 is 24.0 Å². The molecule has 1 aromatic rings. The van der Waals surface area contributed by atoms with E-state index in [-0.39, 0.29) is 35.3 Å². The fraction of sp³-hybridized carbons (Fsp3) is 0.750. The van der Waals surface area contributed by atoms with E-state index < -0.39 is 0 Å². The van der Waals surface area contributed by atoms with Gasteiger partial charge < -0.3 is 24.3 Å². The lowest BCUT2D eigenvalue weighted by atomic mass is 9.94. The molecule has 0 spiro atoms. The zero-order valence-electron chi connectivity index (χ0n) is 18.5. The molecule has 2 saturated heterocycles. The second-order valence-corrected chi connectivity index (χ2v) is 8.53. The van der Waals surface area contributed by atoms with Gasteiger partial charge in [-0.1, -0.05) is 20.8 Å². The van der Waals surface area contributed by atoms with Crippen LogP contribution in [-0.4, -0.2) is 97.6 Å². The summed E-state index contributed by atoms with van der Waals surface area (Å²) < 4.78 is 11.2. The molecule has 1 aromatic heterocycles. The Morgan fingerprint density at radius 2 is 1.80 bits per heavy atom. The Morgan fingerprint density at radius 3 is 2.37 bits per heavy atom. The van der Waals surface area contributed by atoms with Crippen molar-refractivity contribution in [3.8, 4) is 0 Å². The minimum absolute atomic E-state index is 0. The van der Waals surface area contributed by atoms with Crippen molar-refractivity contribution in [3.63, 3.8) is 0 Å². The van der Waals surface area contributed by atoms with Gasteiger partial charge >= 0.3 is 0 Å². The molecule has 2 aliphatic rings. The summed E-state index contributed by atoms with van der Waals surface area (Å²) >= 11 is 0.